The molecule has 5 aliphatic rings. The first kappa shape index (κ1) is 25.8. The molecule has 0 radical (unpaired) electrons. The van der Waals surface area contributed by atoms with Crippen LogP contribution in [-0.2, 0) is 9.53 Å². The highest BCUT2D eigenvalue weighted by molar-refractivity contribution is 5.79. The lowest BCUT2D eigenvalue weighted by Crippen LogP contribution is -2.65. The van der Waals surface area contributed by atoms with Gasteiger partial charge in [-0.25, -0.2) is 0 Å². The summed E-state index contributed by atoms with van der Waals surface area (Å²) in [5, 5.41) is 63.6. The van der Waals surface area contributed by atoms with Crippen LogP contribution in [0.3, 0.4) is 0 Å². The molecule has 3 saturated carbocycles. The molecule has 1 saturated heterocycles. The van der Waals surface area contributed by atoms with E-state index in [4.69, 9.17) is 4.74 Å². The second kappa shape index (κ2) is 8.86. The van der Waals surface area contributed by atoms with E-state index in [1.807, 2.05) is 0 Å². The van der Waals surface area contributed by atoms with Gasteiger partial charge in [-0.2, -0.15) is 0 Å². The van der Waals surface area contributed by atoms with Gasteiger partial charge in [0, 0.05) is 5.92 Å². The van der Waals surface area contributed by atoms with Gasteiger partial charge in [0.1, 0.15) is 30.2 Å². The summed E-state index contributed by atoms with van der Waals surface area (Å²) in [6.45, 7) is 5.48. The molecule has 0 aromatic heterocycles. The molecule has 8 nitrogen and oxygen atoms in total. The van der Waals surface area contributed by atoms with Crippen LogP contribution in [0.25, 0.3) is 0 Å². The molecule has 5 rings (SSSR count). The number of hydrogen-bond donors (Lipinski definition) is 6. The van der Waals surface area contributed by atoms with Crippen LogP contribution < -0.4 is 0 Å². The molecule has 4 fully saturated rings. The van der Waals surface area contributed by atoms with E-state index >= 15 is 0 Å². The van der Waals surface area contributed by atoms with Crippen molar-refractivity contribution in [3.63, 3.8) is 0 Å². The minimum absolute atomic E-state index is 0.00734. The van der Waals surface area contributed by atoms with Gasteiger partial charge in [0.05, 0.1) is 24.9 Å². The summed E-state index contributed by atoms with van der Waals surface area (Å²) >= 11 is 0. The molecule has 198 valence electrons. The number of ketones is 1. The Morgan fingerprint density at radius 2 is 1.77 bits per heavy atom. The van der Waals surface area contributed by atoms with Crippen molar-refractivity contribution in [2.45, 2.75) is 102 Å². The highest BCUT2D eigenvalue weighted by Crippen LogP contribution is 2.68. The first-order valence-electron chi connectivity index (χ1n) is 13.3. The van der Waals surface area contributed by atoms with Gasteiger partial charge in [-0.3, -0.25) is 4.79 Å². The molecule has 0 spiro atoms. The summed E-state index contributed by atoms with van der Waals surface area (Å²) in [5.41, 5.74) is 0.421. The molecule has 0 amide bonds. The average Bonchev–Trinajstić information content (AvgIpc) is 3.09. The molecule has 0 bridgehead atoms. The van der Waals surface area contributed by atoms with Gasteiger partial charge in [0.25, 0.3) is 0 Å². The van der Waals surface area contributed by atoms with Crippen LogP contribution in [0, 0.1) is 40.4 Å². The molecular formula is C27H42O8. The molecule has 1 heterocycles. The van der Waals surface area contributed by atoms with E-state index in [1.165, 1.54) is 0 Å². The lowest BCUT2D eigenvalue weighted by Gasteiger charge is -2.62. The number of fused-ring (bicyclic) bond motifs is 5. The Bertz CT molecular complexity index is 873. The lowest BCUT2D eigenvalue weighted by atomic mass is 9.44. The van der Waals surface area contributed by atoms with Crippen LogP contribution in [0.15, 0.2) is 11.6 Å². The fourth-order valence-corrected chi connectivity index (χ4v) is 9.43. The van der Waals surface area contributed by atoms with Crippen molar-refractivity contribution in [2.24, 2.45) is 40.4 Å². The lowest BCUT2D eigenvalue weighted by molar-refractivity contribution is -0.258. The largest absolute Gasteiger partial charge is 0.394 e. The summed E-state index contributed by atoms with van der Waals surface area (Å²) in [6.07, 6.45) is -1.15. The third-order valence-corrected chi connectivity index (χ3v) is 11.1. The third kappa shape index (κ3) is 3.62. The van der Waals surface area contributed by atoms with Gasteiger partial charge in [0.15, 0.2) is 0 Å². The number of hydrogen-bond acceptors (Lipinski definition) is 8. The number of carbonyl (C=O) groups is 1. The average molecular weight is 495 g/mol. The predicted molar refractivity (Wildman–Crippen MR) is 126 cm³/mol. The van der Waals surface area contributed by atoms with Gasteiger partial charge >= 0.3 is 0 Å². The molecule has 14 atom stereocenters. The predicted octanol–water partition coefficient (Wildman–Crippen LogP) is 0.555. The van der Waals surface area contributed by atoms with Crippen molar-refractivity contribution < 1.29 is 40.2 Å². The van der Waals surface area contributed by atoms with Crippen molar-refractivity contribution in [3.8, 4) is 0 Å². The van der Waals surface area contributed by atoms with E-state index in [9.17, 15) is 35.4 Å². The van der Waals surface area contributed by atoms with Crippen LogP contribution in [0.1, 0.15) is 59.3 Å². The van der Waals surface area contributed by atoms with Crippen LogP contribution in [0.2, 0.25) is 0 Å². The number of aliphatic hydroxyl groups excluding tert-OH is 6. The summed E-state index contributed by atoms with van der Waals surface area (Å²) in [6, 6.07) is 0. The summed E-state index contributed by atoms with van der Waals surface area (Å²) in [5.74, 6) is -0.0350. The van der Waals surface area contributed by atoms with E-state index in [0.29, 0.717) is 19.3 Å². The fourth-order valence-electron chi connectivity index (χ4n) is 9.43. The number of allylic oxidation sites excluding steroid dienone is 1. The smallest absolute Gasteiger partial charge is 0.133 e. The normalized spacial score (nSPS) is 56.0. The zero-order valence-electron chi connectivity index (χ0n) is 21.0. The Kier molecular flexibility index (Phi) is 6.52. The van der Waals surface area contributed by atoms with E-state index < -0.39 is 54.7 Å². The minimum atomic E-state index is -1.46. The maximum Gasteiger partial charge on any atom is 0.133 e. The molecule has 35 heavy (non-hydrogen) atoms. The van der Waals surface area contributed by atoms with Crippen molar-refractivity contribution in [2.75, 3.05) is 6.61 Å². The second-order valence-electron chi connectivity index (χ2n) is 12.5. The fraction of sp³-hybridized carbons (Fsp3) is 0.889. The first-order chi connectivity index (χ1) is 16.4. The molecule has 0 aromatic carbocycles. The Morgan fingerprint density at radius 1 is 1.06 bits per heavy atom. The van der Waals surface area contributed by atoms with Crippen LogP contribution in [-0.4, -0.2) is 85.8 Å². The van der Waals surface area contributed by atoms with Crippen molar-refractivity contribution in [3.05, 3.63) is 11.6 Å². The quantitative estimate of drug-likeness (QED) is 0.312. The van der Waals surface area contributed by atoms with E-state index in [1.54, 1.807) is 6.92 Å². The standard InChI is InChI=1S/C27H42O8/c1-12(29)17-10-19(31)21-15-5-4-13-8-14(30)9-18(27(13,3)16(15)6-7-26(17,21)2)25-24(34)23(33)22(32)20(11-28)35-25/h4,14-25,28,30-34H,5-11H2,1-3H3/t14?,15-,16+,17-,18?,19?,20-,21-,22-,23+,24-,25?,26-,27+/m1/s1. The van der Waals surface area contributed by atoms with Crippen LogP contribution in [0.4, 0.5) is 0 Å². The number of ether oxygens (including phenoxy) is 1. The van der Waals surface area contributed by atoms with E-state index in [2.05, 4.69) is 19.9 Å². The molecular weight excluding hydrogens is 452 g/mol. The highest BCUT2D eigenvalue weighted by Gasteiger charge is 2.65. The minimum Gasteiger partial charge on any atom is -0.394 e. The molecule has 4 aliphatic carbocycles. The number of aliphatic hydroxyl groups is 6. The van der Waals surface area contributed by atoms with Crippen molar-refractivity contribution in [1.82, 2.24) is 0 Å². The highest BCUT2D eigenvalue weighted by atomic mass is 16.5. The SMILES string of the molecule is CC(=O)[C@H]1CC(O)[C@H]2[C@@H]3CC=C4CC(O)CC(C5O[C@H](CO)[C@@H](O)[C@H](O)[C@H]5O)[C@]4(C)[C@H]3CC[C@]12C. The van der Waals surface area contributed by atoms with Gasteiger partial charge < -0.3 is 35.4 Å². The Hall–Kier alpha value is -0.870. The van der Waals surface area contributed by atoms with Gasteiger partial charge in [-0.05, 0) is 80.0 Å². The third-order valence-electron chi connectivity index (χ3n) is 11.1. The van der Waals surface area contributed by atoms with Crippen molar-refractivity contribution >= 4 is 5.78 Å². The first-order valence-corrected chi connectivity index (χ1v) is 13.3. The Balaban J connectivity index is 1.53. The van der Waals surface area contributed by atoms with Crippen molar-refractivity contribution in [1.29, 1.82) is 0 Å². The van der Waals surface area contributed by atoms with Gasteiger partial charge in [-0.1, -0.05) is 25.5 Å². The molecule has 6 N–H and O–H groups in total. The number of carbonyl (C=O) groups excluding carboxylic acids is 1. The van der Waals surface area contributed by atoms with Gasteiger partial charge in [0.2, 0.25) is 0 Å². The maximum absolute atomic E-state index is 12.5. The van der Waals surface area contributed by atoms with Crippen LogP contribution >= 0.6 is 0 Å². The zero-order chi connectivity index (χ0) is 25.4. The molecule has 0 aromatic rings. The Morgan fingerprint density at radius 3 is 2.43 bits per heavy atom. The topological polar surface area (TPSA) is 148 Å². The van der Waals surface area contributed by atoms with E-state index in [0.717, 1.165) is 24.8 Å². The number of Topliss-reactive ketones (excluding diaryl/α,β-unsaturated/α-hetero) is 1. The maximum atomic E-state index is 12.5. The Labute approximate surface area is 207 Å². The molecule has 4 unspecified atom stereocenters. The van der Waals surface area contributed by atoms with Gasteiger partial charge in [-0.15, -0.1) is 0 Å². The summed E-state index contributed by atoms with van der Waals surface area (Å²) in [7, 11) is 0. The second-order valence-corrected chi connectivity index (χ2v) is 12.5. The van der Waals surface area contributed by atoms with Crippen LogP contribution in [0.5, 0.6) is 0 Å². The van der Waals surface area contributed by atoms with E-state index in [-0.39, 0.29) is 40.8 Å². The molecule has 8 heteroatoms. The summed E-state index contributed by atoms with van der Waals surface area (Å²) < 4.78 is 6.05. The summed E-state index contributed by atoms with van der Waals surface area (Å²) in [4.78, 5) is 12.5. The monoisotopic (exact) mass is 494 g/mol. The molecule has 1 aliphatic heterocycles. The number of rotatable bonds is 3. The zero-order valence-corrected chi connectivity index (χ0v) is 21.0.